The van der Waals surface area contributed by atoms with Crippen LogP contribution in [0.1, 0.15) is 144 Å². The minimum atomic E-state index is -0.357. The first-order chi connectivity index (χ1) is 16.2. The largest absolute Gasteiger partial charge is 0.390 e. The quantitative estimate of drug-likeness (QED) is 0.212. The van der Waals surface area contributed by atoms with Crippen molar-refractivity contribution in [3.8, 4) is 0 Å². The molecule has 0 unspecified atom stereocenters. The van der Waals surface area contributed by atoms with Crippen LogP contribution in [-0.2, 0) is 9.47 Å². The van der Waals surface area contributed by atoms with Crippen molar-refractivity contribution in [1.82, 2.24) is 0 Å². The average molecular weight is 479 g/mol. The summed E-state index contributed by atoms with van der Waals surface area (Å²) in [4.78, 5) is 0. The first kappa shape index (κ1) is 28.5. The van der Waals surface area contributed by atoms with E-state index < -0.39 is 0 Å². The third-order valence-corrected chi connectivity index (χ3v) is 10.3. The standard InChI is InChI=1S/C31H58O3/c1-7-8-9-10-11-12-13-14-19-27(26(32)18-16-15-17-23(2)3)33-28-22-24-25-20-21-31(6,29(24)34-28)30(25,4)5/h23-29,32H,7-22H2,1-6H3/t24-,25-,26-,27+,28-,29-,31+/m1/s1. The second-order valence-electron chi connectivity index (χ2n) is 13.4. The lowest BCUT2D eigenvalue weighted by Crippen LogP contribution is -2.39. The normalized spacial score (nSPS) is 33.5. The molecule has 0 spiro atoms. The maximum absolute atomic E-state index is 11.1. The van der Waals surface area contributed by atoms with Gasteiger partial charge in [-0.3, -0.25) is 0 Å². The highest BCUT2D eigenvalue weighted by Crippen LogP contribution is 2.71. The summed E-state index contributed by atoms with van der Waals surface area (Å²) in [6.07, 6.45) is 19.4. The Morgan fingerprint density at radius 3 is 2.15 bits per heavy atom. The second kappa shape index (κ2) is 12.9. The lowest BCUT2D eigenvalue weighted by atomic mass is 9.70. The van der Waals surface area contributed by atoms with Crippen molar-refractivity contribution in [2.24, 2.45) is 28.6 Å². The van der Waals surface area contributed by atoms with Crippen molar-refractivity contribution < 1.29 is 14.6 Å². The molecule has 2 saturated carbocycles. The Morgan fingerprint density at radius 1 is 0.882 bits per heavy atom. The van der Waals surface area contributed by atoms with E-state index in [0.717, 1.165) is 43.9 Å². The zero-order valence-corrected chi connectivity index (χ0v) is 23.6. The van der Waals surface area contributed by atoms with Gasteiger partial charge in [-0.2, -0.15) is 0 Å². The number of fused-ring (bicyclic) bond motifs is 5. The van der Waals surface area contributed by atoms with Crippen molar-refractivity contribution in [2.45, 2.75) is 169 Å². The Hall–Kier alpha value is -0.120. The number of aliphatic hydroxyl groups excluding tert-OH is 1. The molecule has 3 fully saturated rings. The molecule has 3 aliphatic rings. The van der Waals surface area contributed by atoms with E-state index in [0.29, 0.717) is 17.4 Å². The summed E-state index contributed by atoms with van der Waals surface area (Å²) in [6.45, 7) is 14.2. The summed E-state index contributed by atoms with van der Waals surface area (Å²) in [7, 11) is 0. The maximum Gasteiger partial charge on any atom is 0.158 e. The molecule has 200 valence electrons. The van der Waals surface area contributed by atoms with Gasteiger partial charge in [0.15, 0.2) is 6.29 Å². The van der Waals surface area contributed by atoms with Crippen LogP contribution in [0.2, 0.25) is 0 Å². The van der Waals surface area contributed by atoms with Gasteiger partial charge >= 0.3 is 0 Å². The molecule has 2 aliphatic carbocycles. The van der Waals surface area contributed by atoms with Gasteiger partial charge in [-0.1, -0.05) is 112 Å². The van der Waals surface area contributed by atoms with E-state index in [9.17, 15) is 5.11 Å². The Balaban J connectivity index is 1.48. The van der Waals surface area contributed by atoms with Crippen LogP contribution in [0, 0.1) is 28.6 Å². The lowest BCUT2D eigenvalue weighted by Gasteiger charge is -2.39. The van der Waals surface area contributed by atoms with Crippen LogP contribution in [0.25, 0.3) is 0 Å². The highest BCUT2D eigenvalue weighted by Gasteiger charge is 2.69. The second-order valence-corrected chi connectivity index (χ2v) is 13.4. The summed E-state index contributed by atoms with van der Waals surface area (Å²) in [5.74, 6) is 2.16. The first-order valence-electron chi connectivity index (χ1n) is 15.2. The average Bonchev–Trinajstić information content (AvgIpc) is 3.35. The molecular formula is C31H58O3. The Kier molecular flexibility index (Phi) is 10.8. The predicted molar refractivity (Wildman–Crippen MR) is 143 cm³/mol. The van der Waals surface area contributed by atoms with Gasteiger partial charge < -0.3 is 14.6 Å². The SMILES string of the molecule is CCCCCCCCCC[C@H](O[C@H]1C[C@@H]2[C@H]3CC[C@@](C)([C@@H]2O1)C3(C)C)[C@H](O)CCCCC(C)C. The Morgan fingerprint density at radius 2 is 1.50 bits per heavy atom. The lowest BCUT2D eigenvalue weighted by molar-refractivity contribution is -0.204. The molecular weight excluding hydrogens is 420 g/mol. The van der Waals surface area contributed by atoms with E-state index in [-0.39, 0.29) is 23.9 Å². The van der Waals surface area contributed by atoms with E-state index in [2.05, 4.69) is 41.5 Å². The molecule has 1 saturated heterocycles. The zero-order chi connectivity index (χ0) is 24.8. The van der Waals surface area contributed by atoms with Crippen molar-refractivity contribution in [3.63, 3.8) is 0 Å². The minimum Gasteiger partial charge on any atom is -0.390 e. The molecule has 1 aliphatic heterocycles. The van der Waals surface area contributed by atoms with Gasteiger partial charge in [-0.05, 0) is 54.3 Å². The van der Waals surface area contributed by atoms with Gasteiger partial charge in [0.1, 0.15) is 0 Å². The number of aliphatic hydroxyl groups is 1. The van der Waals surface area contributed by atoms with E-state index in [1.54, 1.807) is 0 Å². The number of hydrogen-bond acceptors (Lipinski definition) is 3. The van der Waals surface area contributed by atoms with E-state index in [4.69, 9.17) is 9.47 Å². The molecule has 0 aromatic heterocycles. The van der Waals surface area contributed by atoms with E-state index in [1.165, 1.54) is 70.6 Å². The summed E-state index contributed by atoms with van der Waals surface area (Å²) in [6, 6.07) is 0. The topological polar surface area (TPSA) is 38.7 Å². The Bertz CT molecular complexity index is 587. The van der Waals surface area contributed by atoms with Crippen LogP contribution in [-0.4, -0.2) is 29.7 Å². The first-order valence-corrected chi connectivity index (χ1v) is 15.2. The van der Waals surface area contributed by atoms with Crippen LogP contribution in [0.4, 0.5) is 0 Å². The highest BCUT2D eigenvalue weighted by molar-refractivity contribution is 5.16. The predicted octanol–water partition coefficient (Wildman–Crippen LogP) is 8.67. The van der Waals surface area contributed by atoms with Crippen LogP contribution >= 0.6 is 0 Å². The number of rotatable bonds is 17. The fourth-order valence-electron chi connectivity index (χ4n) is 7.69. The Labute approximate surface area is 212 Å². The molecule has 1 N–H and O–H groups in total. The molecule has 0 aromatic carbocycles. The van der Waals surface area contributed by atoms with Gasteiger partial charge in [0.05, 0.1) is 18.3 Å². The monoisotopic (exact) mass is 478 g/mol. The molecule has 2 bridgehead atoms. The van der Waals surface area contributed by atoms with Crippen molar-refractivity contribution >= 4 is 0 Å². The number of ether oxygens (including phenoxy) is 2. The van der Waals surface area contributed by atoms with Crippen molar-refractivity contribution in [2.75, 3.05) is 0 Å². The van der Waals surface area contributed by atoms with Gasteiger partial charge in [0.2, 0.25) is 0 Å². The van der Waals surface area contributed by atoms with Crippen LogP contribution in [0.5, 0.6) is 0 Å². The third kappa shape index (κ3) is 6.60. The fraction of sp³-hybridized carbons (Fsp3) is 1.00. The van der Waals surface area contributed by atoms with Gasteiger partial charge in [0, 0.05) is 6.42 Å². The van der Waals surface area contributed by atoms with Crippen molar-refractivity contribution in [1.29, 1.82) is 0 Å². The molecule has 0 amide bonds. The molecule has 0 aromatic rings. The number of unbranched alkanes of at least 4 members (excludes halogenated alkanes) is 8. The molecule has 34 heavy (non-hydrogen) atoms. The van der Waals surface area contributed by atoms with Crippen LogP contribution < -0.4 is 0 Å². The molecule has 3 nitrogen and oxygen atoms in total. The fourth-order valence-corrected chi connectivity index (χ4v) is 7.69. The van der Waals surface area contributed by atoms with Gasteiger partial charge in [0.25, 0.3) is 0 Å². The van der Waals surface area contributed by atoms with E-state index in [1.807, 2.05) is 0 Å². The molecule has 0 radical (unpaired) electrons. The maximum atomic E-state index is 11.1. The molecule has 1 heterocycles. The summed E-state index contributed by atoms with van der Waals surface area (Å²) in [5, 5.41) is 11.1. The summed E-state index contributed by atoms with van der Waals surface area (Å²) in [5.41, 5.74) is 0.656. The third-order valence-electron chi connectivity index (χ3n) is 10.3. The summed E-state index contributed by atoms with van der Waals surface area (Å²) >= 11 is 0. The smallest absolute Gasteiger partial charge is 0.158 e. The van der Waals surface area contributed by atoms with Crippen LogP contribution in [0.15, 0.2) is 0 Å². The van der Waals surface area contributed by atoms with Crippen LogP contribution in [0.3, 0.4) is 0 Å². The molecule has 7 atom stereocenters. The van der Waals surface area contributed by atoms with Gasteiger partial charge in [-0.15, -0.1) is 0 Å². The highest BCUT2D eigenvalue weighted by atomic mass is 16.7. The minimum absolute atomic E-state index is 0.0681. The number of hydrogen-bond donors (Lipinski definition) is 1. The van der Waals surface area contributed by atoms with Gasteiger partial charge in [-0.25, -0.2) is 0 Å². The molecule has 3 heteroatoms. The van der Waals surface area contributed by atoms with E-state index >= 15 is 0 Å². The molecule has 3 rings (SSSR count). The van der Waals surface area contributed by atoms with Crippen molar-refractivity contribution in [3.05, 3.63) is 0 Å². The zero-order valence-electron chi connectivity index (χ0n) is 23.6. The summed E-state index contributed by atoms with van der Waals surface area (Å²) < 4.78 is 13.3.